The van der Waals surface area contributed by atoms with Gasteiger partial charge >= 0.3 is 0 Å². The summed E-state index contributed by atoms with van der Waals surface area (Å²) in [5.74, 6) is 0. The lowest BCUT2D eigenvalue weighted by Gasteiger charge is -2.45. The number of fused-ring (bicyclic) bond motifs is 1. The van der Waals surface area contributed by atoms with Crippen molar-refractivity contribution in [3.63, 3.8) is 0 Å². The Morgan fingerprint density at radius 2 is 1.75 bits per heavy atom. The molecule has 4 aliphatic rings. The minimum atomic E-state index is -0.393. The van der Waals surface area contributed by atoms with Crippen LogP contribution in [0, 0.1) is 10.1 Å². The van der Waals surface area contributed by atoms with Gasteiger partial charge in [0.15, 0.2) is 11.4 Å². The summed E-state index contributed by atoms with van der Waals surface area (Å²) in [6.07, 6.45) is 9.18. The largest absolute Gasteiger partial charge is 0.307 e. The summed E-state index contributed by atoms with van der Waals surface area (Å²) in [5.41, 5.74) is 1.60. The molecule has 0 aromatic carbocycles. The molecule has 0 amide bonds. The second kappa shape index (κ2) is 6.58. The van der Waals surface area contributed by atoms with Crippen molar-refractivity contribution in [3.05, 3.63) is 21.9 Å². The second-order valence-electron chi connectivity index (χ2n) is 10.0. The van der Waals surface area contributed by atoms with E-state index in [-0.39, 0.29) is 27.7 Å². The van der Waals surface area contributed by atoms with Gasteiger partial charge in [-0.3, -0.25) is 25.1 Å². The molecule has 2 aliphatic carbocycles. The molecule has 1 N–H and O–H groups in total. The summed E-state index contributed by atoms with van der Waals surface area (Å²) in [6, 6.07) is 0.0227. The highest BCUT2D eigenvalue weighted by Gasteiger charge is 2.44. The zero-order chi connectivity index (χ0) is 20.2. The molecule has 0 unspecified atom stereocenters. The number of hydrogen-bond donors (Lipinski definition) is 1. The lowest BCUT2D eigenvalue weighted by Crippen LogP contribution is -2.59. The van der Waals surface area contributed by atoms with Crippen LogP contribution in [0.3, 0.4) is 0 Å². The highest BCUT2D eigenvalue weighted by molar-refractivity contribution is 6.73. The van der Waals surface area contributed by atoms with Crippen LogP contribution < -0.4 is 5.32 Å². The Bertz CT molecular complexity index is 797. The van der Waals surface area contributed by atoms with E-state index >= 15 is 0 Å². The van der Waals surface area contributed by atoms with E-state index in [0.717, 1.165) is 44.2 Å². The molecule has 7 heteroatoms. The summed E-state index contributed by atoms with van der Waals surface area (Å²) < 4.78 is 0. The third kappa shape index (κ3) is 3.69. The summed E-state index contributed by atoms with van der Waals surface area (Å²) in [7, 11) is 0. The lowest BCUT2D eigenvalue weighted by molar-refractivity contribution is -0.415. The number of allylic oxidation sites excluding steroid dienone is 2. The third-order valence-corrected chi connectivity index (χ3v) is 6.22. The SMILES string of the molecule is CC1(C)CC(N=C2C([N+](=O)[O-])=CCC3=NC4(CCCCC4)N=C32)CC(C)(C)N1. The standard InChI is InChI=1S/C21H31N5O2/c1-19(2)12-14(13-20(3,4)25-19)22-18-16(26(27)28)9-8-15-17(18)24-21(23-15)10-6-5-7-11-21/h9,14,25H,5-8,10-13H2,1-4H3. The Morgan fingerprint density at radius 1 is 1.11 bits per heavy atom. The highest BCUT2D eigenvalue weighted by atomic mass is 16.6. The molecule has 7 nitrogen and oxygen atoms in total. The molecule has 2 heterocycles. The van der Waals surface area contributed by atoms with Gasteiger partial charge in [-0.25, -0.2) is 0 Å². The van der Waals surface area contributed by atoms with Crippen LogP contribution in [-0.4, -0.2) is 44.8 Å². The van der Waals surface area contributed by atoms with E-state index < -0.39 is 5.66 Å². The smallest absolute Gasteiger partial charge is 0.293 e. The number of aliphatic imine (C=N–C) groups is 3. The van der Waals surface area contributed by atoms with E-state index in [9.17, 15) is 10.1 Å². The molecule has 0 radical (unpaired) electrons. The van der Waals surface area contributed by atoms with Gasteiger partial charge in [0.25, 0.3) is 5.70 Å². The van der Waals surface area contributed by atoms with Crippen molar-refractivity contribution in [2.75, 3.05) is 0 Å². The van der Waals surface area contributed by atoms with Gasteiger partial charge in [-0.15, -0.1) is 0 Å². The van der Waals surface area contributed by atoms with Gasteiger partial charge in [0.05, 0.1) is 16.7 Å². The predicted molar refractivity (Wildman–Crippen MR) is 112 cm³/mol. The first kappa shape index (κ1) is 19.4. The fourth-order valence-corrected chi connectivity index (χ4v) is 5.52. The maximum absolute atomic E-state index is 11.8. The second-order valence-corrected chi connectivity index (χ2v) is 10.0. The fraction of sp³-hybridized carbons (Fsp3) is 0.762. The molecular formula is C21H31N5O2. The molecule has 1 spiro atoms. The van der Waals surface area contributed by atoms with Crippen molar-refractivity contribution < 1.29 is 4.92 Å². The Balaban J connectivity index is 1.73. The lowest BCUT2D eigenvalue weighted by atomic mass is 9.79. The summed E-state index contributed by atoms with van der Waals surface area (Å²) >= 11 is 0. The molecular weight excluding hydrogens is 354 g/mol. The first-order chi connectivity index (χ1) is 13.1. The van der Waals surface area contributed by atoms with Gasteiger partial charge in [-0.2, -0.15) is 0 Å². The molecule has 152 valence electrons. The van der Waals surface area contributed by atoms with Crippen LogP contribution in [0.25, 0.3) is 0 Å². The maximum atomic E-state index is 11.8. The third-order valence-electron chi connectivity index (χ3n) is 6.22. The van der Waals surface area contributed by atoms with E-state index in [2.05, 4.69) is 33.0 Å². The average Bonchev–Trinajstić information content (AvgIpc) is 2.90. The summed E-state index contributed by atoms with van der Waals surface area (Å²) in [6.45, 7) is 8.68. The predicted octanol–water partition coefficient (Wildman–Crippen LogP) is 3.86. The molecule has 0 bridgehead atoms. The van der Waals surface area contributed by atoms with Crippen molar-refractivity contribution >= 4 is 17.1 Å². The zero-order valence-corrected chi connectivity index (χ0v) is 17.4. The van der Waals surface area contributed by atoms with Gasteiger partial charge in [-0.1, -0.05) is 6.42 Å². The topological polar surface area (TPSA) is 92.2 Å². The minimum absolute atomic E-state index is 0.0227. The first-order valence-corrected chi connectivity index (χ1v) is 10.5. The molecule has 2 fully saturated rings. The molecule has 2 aliphatic heterocycles. The highest BCUT2D eigenvalue weighted by Crippen LogP contribution is 2.38. The van der Waals surface area contributed by atoms with Crippen LogP contribution in [0.15, 0.2) is 26.8 Å². The number of nitro groups is 1. The Kier molecular flexibility index (Phi) is 4.56. The number of piperidine rings is 1. The summed E-state index contributed by atoms with van der Waals surface area (Å²) in [4.78, 5) is 26.3. The Morgan fingerprint density at radius 3 is 2.36 bits per heavy atom. The normalized spacial score (nSPS) is 29.9. The molecule has 0 aromatic heterocycles. The molecule has 1 saturated carbocycles. The molecule has 28 heavy (non-hydrogen) atoms. The van der Waals surface area contributed by atoms with Gasteiger partial charge in [-0.05, 0) is 66.2 Å². The molecule has 1 saturated heterocycles. The fourth-order valence-electron chi connectivity index (χ4n) is 5.52. The maximum Gasteiger partial charge on any atom is 0.293 e. The van der Waals surface area contributed by atoms with Crippen LogP contribution in [0.5, 0.6) is 0 Å². The van der Waals surface area contributed by atoms with E-state index in [1.54, 1.807) is 6.08 Å². The van der Waals surface area contributed by atoms with Crippen LogP contribution in [0.2, 0.25) is 0 Å². The zero-order valence-electron chi connectivity index (χ0n) is 17.4. The van der Waals surface area contributed by atoms with E-state index in [1.165, 1.54) is 6.42 Å². The van der Waals surface area contributed by atoms with Crippen molar-refractivity contribution in [2.24, 2.45) is 15.0 Å². The molecule has 0 aromatic rings. The van der Waals surface area contributed by atoms with Crippen LogP contribution in [0.4, 0.5) is 0 Å². The van der Waals surface area contributed by atoms with Crippen LogP contribution in [0.1, 0.15) is 79.1 Å². The van der Waals surface area contributed by atoms with Crippen LogP contribution in [-0.2, 0) is 0 Å². The quantitative estimate of drug-likeness (QED) is 0.578. The van der Waals surface area contributed by atoms with Crippen molar-refractivity contribution in [2.45, 2.75) is 102 Å². The van der Waals surface area contributed by atoms with Crippen molar-refractivity contribution in [3.8, 4) is 0 Å². The van der Waals surface area contributed by atoms with Gasteiger partial charge in [0.1, 0.15) is 5.71 Å². The average molecular weight is 386 g/mol. The van der Waals surface area contributed by atoms with E-state index in [4.69, 9.17) is 15.0 Å². The van der Waals surface area contributed by atoms with Crippen molar-refractivity contribution in [1.29, 1.82) is 0 Å². The van der Waals surface area contributed by atoms with E-state index in [1.807, 2.05) is 0 Å². The van der Waals surface area contributed by atoms with Crippen molar-refractivity contribution in [1.82, 2.24) is 5.32 Å². The number of nitrogens with one attached hydrogen (secondary N) is 1. The number of nitrogens with zero attached hydrogens (tertiary/aromatic N) is 4. The van der Waals surface area contributed by atoms with Gasteiger partial charge in [0, 0.05) is 23.6 Å². The minimum Gasteiger partial charge on any atom is -0.307 e. The monoisotopic (exact) mass is 385 g/mol. The number of hydrogen-bond acceptors (Lipinski definition) is 6. The van der Waals surface area contributed by atoms with Gasteiger partial charge in [0.2, 0.25) is 0 Å². The van der Waals surface area contributed by atoms with Crippen LogP contribution >= 0.6 is 0 Å². The summed E-state index contributed by atoms with van der Waals surface area (Å²) in [5, 5.41) is 15.4. The number of rotatable bonds is 2. The Labute approximate surface area is 166 Å². The first-order valence-electron chi connectivity index (χ1n) is 10.5. The molecule has 4 rings (SSSR count). The van der Waals surface area contributed by atoms with Gasteiger partial charge < -0.3 is 5.32 Å². The molecule has 0 atom stereocenters. The van der Waals surface area contributed by atoms with E-state index in [0.29, 0.717) is 17.8 Å². The Hall–Kier alpha value is -1.89.